The number of carbonyl (C=O) groups is 2. The first-order valence-electron chi connectivity index (χ1n) is 5.75. The molecule has 0 saturated heterocycles. The second-order valence-corrected chi connectivity index (χ2v) is 6.24. The van der Waals surface area contributed by atoms with E-state index in [0.717, 1.165) is 19.3 Å². The van der Waals surface area contributed by atoms with Crippen LogP contribution >= 0.6 is 15.9 Å². The number of halogens is 1. The summed E-state index contributed by atoms with van der Waals surface area (Å²) in [5.41, 5.74) is 0. The molecule has 0 heterocycles. The van der Waals surface area contributed by atoms with Gasteiger partial charge in [0.25, 0.3) is 0 Å². The molecule has 0 radical (unpaired) electrons. The number of hydrogen-bond acceptors (Lipinski definition) is 3. The molecule has 0 saturated carbocycles. The van der Waals surface area contributed by atoms with Crippen molar-refractivity contribution in [1.82, 2.24) is 0 Å². The third-order valence-electron chi connectivity index (χ3n) is 2.25. The van der Waals surface area contributed by atoms with Crippen LogP contribution in [0.1, 0.15) is 52.9 Å². The Morgan fingerprint density at radius 1 is 1.12 bits per heavy atom. The Morgan fingerprint density at radius 3 is 2.19 bits per heavy atom. The van der Waals surface area contributed by atoms with E-state index in [1.54, 1.807) is 6.92 Å². The van der Waals surface area contributed by atoms with Gasteiger partial charge in [-0.25, -0.2) is 0 Å². The van der Waals surface area contributed by atoms with Gasteiger partial charge in [-0.1, -0.05) is 22.4 Å². The molecule has 0 fully saturated rings. The lowest BCUT2D eigenvalue weighted by Crippen LogP contribution is -2.23. The fourth-order valence-corrected chi connectivity index (χ4v) is 1.46. The Bertz CT molecular complexity index is 231. The maximum Gasteiger partial charge on any atom is 0.305 e. The van der Waals surface area contributed by atoms with E-state index in [1.165, 1.54) is 0 Å². The van der Waals surface area contributed by atoms with Crippen LogP contribution < -0.4 is 0 Å². The normalized spacial score (nSPS) is 11.2. The van der Waals surface area contributed by atoms with Gasteiger partial charge in [0.1, 0.15) is 5.78 Å². The van der Waals surface area contributed by atoms with E-state index in [2.05, 4.69) is 15.9 Å². The lowest BCUT2D eigenvalue weighted by atomic mass is 10.0. The third-order valence-corrected chi connectivity index (χ3v) is 2.70. The summed E-state index contributed by atoms with van der Waals surface area (Å²) in [6.45, 7) is 5.95. The molecule has 0 aromatic rings. The van der Waals surface area contributed by atoms with Crippen molar-refractivity contribution in [3.05, 3.63) is 0 Å². The van der Waals surface area contributed by atoms with Crippen LogP contribution in [-0.4, -0.2) is 22.7 Å². The summed E-state index contributed by atoms with van der Waals surface area (Å²) in [5, 5.41) is 0. The standard InChI is InChI=1S/C12H21BrO3/c1-4-16-11(15)9-7-5-6-8-10(14)12(2,3)13/h4-9H2,1-3H3. The molecule has 0 aromatic carbocycles. The van der Waals surface area contributed by atoms with Crippen molar-refractivity contribution in [2.45, 2.75) is 57.2 Å². The summed E-state index contributed by atoms with van der Waals surface area (Å²) >= 11 is 3.33. The van der Waals surface area contributed by atoms with Crippen molar-refractivity contribution < 1.29 is 14.3 Å². The minimum atomic E-state index is -0.422. The van der Waals surface area contributed by atoms with Gasteiger partial charge in [-0.05, 0) is 33.6 Å². The second kappa shape index (κ2) is 7.82. The van der Waals surface area contributed by atoms with E-state index in [1.807, 2.05) is 13.8 Å². The van der Waals surface area contributed by atoms with Crippen LogP contribution in [-0.2, 0) is 14.3 Å². The van der Waals surface area contributed by atoms with E-state index >= 15 is 0 Å². The summed E-state index contributed by atoms with van der Waals surface area (Å²) < 4.78 is 4.39. The molecular weight excluding hydrogens is 272 g/mol. The van der Waals surface area contributed by atoms with Gasteiger partial charge in [-0.2, -0.15) is 0 Å². The highest BCUT2D eigenvalue weighted by atomic mass is 79.9. The average Bonchev–Trinajstić information content (AvgIpc) is 2.16. The highest BCUT2D eigenvalue weighted by Gasteiger charge is 2.22. The third kappa shape index (κ3) is 7.85. The monoisotopic (exact) mass is 292 g/mol. The van der Waals surface area contributed by atoms with E-state index in [4.69, 9.17) is 4.74 Å². The number of unbranched alkanes of at least 4 members (excludes halogenated alkanes) is 2. The van der Waals surface area contributed by atoms with E-state index < -0.39 is 4.32 Å². The van der Waals surface area contributed by atoms with Crippen LogP contribution in [0.3, 0.4) is 0 Å². The average molecular weight is 293 g/mol. The topological polar surface area (TPSA) is 43.4 Å². The minimum absolute atomic E-state index is 0.144. The zero-order valence-electron chi connectivity index (χ0n) is 10.3. The van der Waals surface area contributed by atoms with Crippen LogP contribution in [0, 0.1) is 0 Å². The van der Waals surface area contributed by atoms with E-state index in [9.17, 15) is 9.59 Å². The molecule has 0 aromatic heterocycles. The molecule has 0 N–H and O–H groups in total. The zero-order chi connectivity index (χ0) is 12.6. The van der Waals surface area contributed by atoms with E-state index in [-0.39, 0.29) is 11.8 Å². The molecular formula is C12H21BrO3. The second-order valence-electron chi connectivity index (χ2n) is 4.26. The lowest BCUT2D eigenvalue weighted by Gasteiger charge is -2.13. The number of ether oxygens (including phenoxy) is 1. The number of Topliss-reactive ketones (excluding diaryl/α,β-unsaturated/α-hetero) is 1. The van der Waals surface area contributed by atoms with Gasteiger partial charge in [0.05, 0.1) is 10.9 Å². The molecule has 0 aliphatic heterocycles. The number of esters is 1. The van der Waals surface area contributed by atoms with Gasteiger partial charge in [-0.3, -0.25) is 9.59 Å². The van der Waals surface area contributed by atoms with E-state index in [0.29, 0.717) is 19.4 Å². The fourth-order valence-electron chi connectivity index (χ4n) is 1.26. The van der Waals surface area contributed by atoms with Crippen LogP contribution in [0.25, 0.3) is 0 Å². The smallest absolute Gasteiger partial charge is 0.305 e. The first-order valence-corrected chi connectivity index (χ1v) is 6.55. The highest BCUT2D eigenvalue weighted by molar-refractivity contribution is 9.10. The number of carbonyl (C=O) groups excluding carboxylic acids is 2. The molecule has 0 bridgehead atoms. The predicted molar refractivity (Wildman–Crippen MR) is 67.7 cm³/mol. The molecule has 0 spiro atoms. The molecule has 0 aliphatic rings. The predicted octanol–water partition coefficient (Wildman–Crippen LogP) is 3.24. The van der Waals surface area contributed by atoms with Crippen molar-refractivity contribution >= 4 is 27.7 Å². The van der Waals surface area contributed by atoms with Crippen molar-refractivity contribution in [1.29, 1.82) is 0 Å². The number of hydrogen-bond donors (Lipinski definition) is 0. The molecule has 94 valence electrons. The lowest BCUT2D eigenvalue weighted by molar-refractivity contribution is -0.143. The Hall–Kier alpha value is -0.380. The molecule has 0 aliphatic carbocycles. The SMILES string of the molecule is CCOC(=O)CCCCCC(=O)C(C)(C)Br. The van der Waals surface area contributed by atoms with Crippen LogP contribution in [0.2, 0.25) is 0 Å². The largest absolute Gasteiger partial charge is 0.466 e. The Balaban J connectivity index is 3.48. The summed E-state index contributed by atoms with van der Waals surface area (Å²) in [5.74, 6) is 0.0679. The Morgan fingerprint density at radius 2 is 1.69 bits per heavy atom. The molecule has 0 amide bonds. The van der Waals surface area contributed by atoms with Gasteiger partial charge in [0, 0.05) is 12.8 Å². The van der Waals surface area contributed by atoms with Gasteiger partial charge in [0.2, 0.25) is 0 Å². The number of ketones is 1. The van der Waals surface area contributed by atoms with Gasteiger partial charge >= 0.3 is 5.97 Å². The van der Waals surface area contributed by atoms with Gasteiger partial charge < -0.3 is 4.74 Å². The molecule has 0 unspecified atom stereocenters. The minimum Gasteiger partial charge on any atom is -0.466 e. The first kappa shape index (κ1) is 15.6. The summed E-state index contributed by atoms with van der Waals surface area (Å²) in [6.07, 6.45) is 3.57. The highest BCUT2D eigenvalue weighted by Crippen LogP contribution is 2.20. The van der Waals surface area contributed by atoms with Crippen LogP contribution in [0.5, 0.6) is 0 Å². The molecule has 3 nitrogen and oxygen atoms in total. The molecule has 0 atom stereocenters. The number of alkyl halides is 1. The van der Waals surface area contributed by atoms with Gasteiger partial charge in [0.15, 0.2) is 0 Å². The maximum absolute atomic E-state index is 11.5. The van der Waals surface area contributed by atoms with Crippen molar-refractivity contribution in [3.8, 4) is 0 Å². The molecule has 0 rings (SSSR count). The summed E-state index contributed by atoms with van der Waals surface area (Å²) in [6, 6.07) is 0. The maximum atomic E-state index is 11.5. The fraction of sp³-hybridized carbons (Fsp3) is 0.833. The quantitative estimate of drug-likeness (QED) is 0.392. The Labute approximate surface area is 106 Å². The zero-order valence-corrected chi connectivity index (χ0v) is 11.9. The number of rotatable bonds is 8. The Kier molecular flexibility index (Phi) is 7.64. The van der Waals surface area contributed by atoms with Crippen molar-refractivity contribution in [2.24, 2.45) is 0 Å². The van der Waals surface area contributed by atoms with Crippen LogP contribution in [0.15, 0.2) is 0 Å². The van der Waals surface area contributed by atoms with Gasteiger partial charge in [-0.15, -0.1) is 0 Å². The van der Waals surface area contributed by atoms with Crippen LogP contribution in [0.4, 0.5) is 0 Å². The first-order chi connectivity index (χ1) is 7.38. The van der Waals surface area contributed by atoms with Crippen molar-refractivity contribution in [3.63, 3.8) is 0 Å². The summed E-state index contributed by atoms with van der Waals surface area (Å²) in [4.78, 5) is 22.5. The molecule has 4 heteroatoms. The summed E-state index contributed by atoms with van der Waals surface area (Å²) in [7, 11) is 0. The molecule has 16 heavy (non-hydrogen) atoms. The van der Waals surface area contributed by atoms with Crippen molar-refractivity contribution in [2.75, 3.05) is 6.61 Å².